The van der Waals surface area contributed by atoms with Crippen molar-refractivity contribution >= 4 is 17.3 Å². The van der Waals surface area contributed by atoms with Crippen molar-refractivity contribution in [1.82, 2.24) is 9.78 Å². The third-order valence-corrected chi connectivity index (χ3v) is 3.40. The molecule has 0 aliphatic carbocycles. The highest BCUT2D eigenvalue weighted by Crippen LogP contribution is 2.24. The zero-order valence-electron chi connectivity index (χ0n) is 11.3. The number of rotatable bonds is 2. The zero-order valence-corrected chi connectivity index (χ0v) is 12.1. The first-order valence-corrected chi connectivity index (χ1v) is 6.50. The number of nitrogens with zero attached hydrogens (tertiary/aromatic N) is 1. The molecule has 4 nitrogen and oxygen atoms in total. The molecule has 2 aromatic rings. The van der Waals surface area contributed by atoms with E-state index in [4.69, 9.17) is 17.3 Å². The number of nitrogens with one attached hydrogen (secondary N) is 1. The molecule has 1 aromatic carbocycles. The lowest BCUT2D eigenvalue weighted by Gasteiger charge is -2.16. The molecule has 0 amide bonds. The number of hydrogen-bond acceptors (Lipinski definition) is 2. The van der Waals surface area contributed by atoms with Gasteiger partial charge in [-0.25, -0.2) is 4.68 Å². The van der Waals surface area contributed by atoms with Crippen LogP contribution in [0.4, 0.5) is 5.69 Å². The summed E-state index contributed by atoms with van der Waals surface area (Å²) in [4.78, 5) is 12.1. The molecular weight excluding hydrogens is 262 g/mol. The van der Waals surface area contributed by atoms with Gasteiger partial charge in [0.05, 0.1) is 12.2 Å². The fourth-order valence-corrected chi connectivity index (χ4v) is 2.17. The maximum absolute atomic E-state index is 12.1. The largest absolute Gasteiger partial charge is 0.393 e. The molecule has 2 rings (SSSR count). The third kappa shape index (κ3) is 2.68. The second-order valence-corrected chi connectivity index (χ2v) is 6.04. The van der Waals surface area contributed by atoms with Crippen LogP contribution in [0.25, 0.3) is 0 Å². The van der Waals surface area contributed by atoms with Gasteiger partial charge in [-0.3, -0.25) is 9.89 Å². The second-order valence-electron chi connectivity index (χ2n) is 5.63. The fourth-order valence-electron chi connectivity index (χ4n) is 1.98. The minimum Gasteiger partial charge on any atom is -0.393 e. The Morgan fingerprint density at radius 3 is 2.47 bits per heavy atom. The normalized spacial score (nSPS) is 11.8. The van der Waals surface area contributed by atoms with Crippen LogP contribution < -0.4 is 11.3 Å². The van der Waals surface area contributed by atoms with Crippen LogP contribution >= 0.6 is 11.6 Å². The number of aromatic nitrogens is 2. The summed E-state index contributed by atoms with van der Waals surface area (Å²) in [6.07, 6.45) is 0. The average molecular weight is 280 g/mol. The highest BCUT2D eigenvalue weighted by molar-refractivity contribution is 6.31. The van der Waals surface area contributed by atoms with Crippen LogP contribution in [0.1, 0.15) is 32.0 Å². The maximum atomic E-state index is 12.1. The molecule has 0 aliphatic heterocycles. The highest BCUT2D eigenvalue weighted by atomic mass is 35.5. The minimum absolute atomic E-state index is 0.199. The Kier molecular flexibility index (Phi) is 3.45. The molecule has 0 saturated carbocycles. The monoisotopic (exact) mass is 279 g/mol. The summed E-state index contributed by atoms with van der Waals surface area (Å²) in [7, 11) is 0. The molecule has 1 heterocycles. The number of H-pyrrole nitrogens is 1. The Morgan fingerprint density at radius 2 is 1.95 bits per heavy atom. The van der Waals surface area contributed by atoms with Gasteiger partial charge in [0.25, 0.3) is 5.56 Å². The van der Waals surface area contributed by atoms with Gasteiger partial charge in [-0.15, -0.1) is 0 Å². The SMILES string of the molecule is CC(C)(C)c1[nH]n(Cc2ccccc2Cl)c(=O)c1N. The van der Waals surface area contributed by atoms with Gasteiger partial charge in [-0.1, -0.05) is 50.6 Å². The quantitative estimate of drug-likeness (QED) is 0.888. The molecule has 5 heteroatoms. The van der Waals surface area contributed by atoms with Crippen molar-refractivity contribution < 1.29 is 0 Å². The second kappa shape index (κ2) is 4.78. The predicted molar refractivity (Wildman–Crippen MR) is 78.7 cm³/mol. The Morgan fingerprint density at radius 1 is 1.32 bits per heavy atom. The first-order valence-electron chi connectivity index (χ1n) is 6.13. The number of hydrogen-bond donors (Lipinski definition) is 2. The summed E-state index contributed by atoms with van der Waals surface area (Å²) in [6, 6.07) is 7.45. The molecule has 19 heavy (non-hydrogen) atoms. The number of aromatic amines is 1. The van der Waals surface area contributed by atoms with Crippen molar-refractivity contribution in [2.45, 2.75) is 32.7 Å². The first kappa shape index (κ1) is 13.7. The molecule has 0 bridgehead atoms. The van der Waals surface area contributed by atoms with Gasteiger partial charge in [0.2, 0.25) is 0 Å². The lowest BCUT2D eigenvalue weighted by Crippen LogP contribution is -2.19. The van der Waals surface area contributed by atoms with Crippen molar-refractivity contribution in [2.75, 3.05) is 5.73 Å². The topological polar surface area (TPSA) is 63.8 Å². The van der Waals surface area contributed by atoms with Gasteiger partial charge >= 0.3 is 0 Å². The van der Waals surface area contributed by atoms with E-state index in [9.17, 15) is 4.79 Å². The number of anilines is 1. The molecule has 0 aliphatic rings. The molecule has 1 aromatic heterocycles. The molecule has 102 valence electrons. The van der Waals surface area contributed by atoms with Crippen molar-refractivity contribution in [3.63, 3.8) is 0 Å². The highest BCUT2D eigenvalue weighted by Gasteiger charge is 2.22. The van der Waals surface area contributed by atoms with E-state index in [1.807, 2.05) is 39.0 Å². The van der Waals surface area contributed by atoms with E-state index in [0.717, 1.165) is 11.3 Å². The maximum Gasteiger partial charge on any atom is 0.290 e. The standard InChI is InChI=1S/C14H18ClN3O/c1-14(2,3)12-11(16)13(19)18(17-12)8-9-6-4-5-7-10(9)15/h4-7,17H,8,16H2,1-3H3. The lowest BCUT2D eigenvalue weighted by atomic mass is 9.91. The van der Waals surface area contributed by atoms with Crippen LogP contribution in [-0.4, -0.2) is 9.78 Å². The first-order chi connectivity index (χ1) is 8.80. The average Bonchev–Trinajstić information content (AvgIpc) is 2.60. The van der Waals surface area contributed by atoms with E-state index in [1.54, 1.807) is 6.07 Å². The number of nitrogen functional groups attached to an aromatic ring is 1. The van der Waals surface area contributed by atoms with Crippen molar-refractivity contribution in [3.05, 3.63) is 50.9 Å². The predicted octanol–water partition coefficient (Wildman–Crippen LogP) is 2.76. The van der Waals surface area contributed by atoms with Gasteiger partial charge in [0.1, 0.15) is 5.69 Å². The number of benzene rings is 1. The van der Waals surface area contributed by atoms with Crippen LogP contribution in [0.3, 0.4) is 0 Å². The molecule has 0 fully saturated rings. The summed E-state index contributed by atoms with van der Waals surface area (Å²) >= 11 is 6.10. The van der Waals surface area contributed by atoms with E-state index in [0.29, 0.717) is 11.6 Å². The summed E-state index contributed by atoms with van der Waals surface area (Å²) in [5.41, 5.74) is 7.39. The van der Waals surface area contributed by atoms with Crippen LogP contribution in [0.5, 0.6) is 0 Å². The number of halogens is 1. The number of nitrogens with two attached hydrogens (primary N) is 1. The Bertz CT molecular complexity index is 649. The van der Waals surface area contributed by atoms with E-state index < -0.39 is 0 Å². The van der Waals surface area contributed by atoms with E-state index in [1.165, 1.54) is 4.68 Å². The van der Waals surface area contributed by atoms with Gasteiger partial charge < -0.3 is 5.73 Å². The molecule has 0 radical (unpaired) electrons. The summed E-state index contributed by atoms with van der Waals surface area (Å²) in [5.74, 6) is 0. The molecule has 3 N–H and O–H groups in total. The molecule has 0 atom stereocenters. The van der Waals surface area contributed by atoms with Crippen LogP contribution in [-0.2, 0) is 12.0 Å². The van der Waals surface area contributed by atoms with Gasteiger partial charge in [0, 0.05) is 10.4 Å². The van der Waals surface area contributed by atoms with Gasteiger partial charge in [-0.05, 0) is 11.6 Å². The Hall–Kier alpha value is -1.68. The molecule has 0 unspecified atom stereocenters. The van der Waals surface area contributed by atoms with Crippen LogP contribution in [0, 0.1) is 0 Å². The summed E-state index contributed by atoms with van der Waals surface area (Å²) < 4.78 is 1.50. The van der Waals surface area contributed by atoms with Crippen molar-refractivity contribution in [1.29, 1.82) is 0 Å². The van der Waals surface area contributed by atoms with Crippen molar-refractivity contribution in [3.8, 4) is 0 Å². The summed E-state index contributed by atoms with van der Waals surface area (Å²) in [5, 5.41) is 3.72. The van der Waals surface area contributed by atoms with Gasteiger partial charge in [0.15, 0.2) is 0 Å². The molecular formula is C14H18ClN3O. The molecule has 0 saturated heterocycles. The van der Waals surface area contributed by atoms with E-state index in [-0.39, 0.29) is 16.7 Å². The fraction of sp³-hybridized carbons (Fsp3) is 0.357. The van der Waals surface area contributed by atoms with Crippen LogP contribution in [0.15, 0.2) is 29.1 Å². The lowest BCUT2D eigenvalue weighted by molar-refractivity contribution is 0.544. The zero-order chi connectivity index (χ0) is 14.2. The van der Waals surface area contributed by atoms with E-state index in [2.05, 4.69) is 5.10 Å². The van der Waals surface area contributed by atoms with E-state index >= 15 is 0 Å². The van der Waals surface area contributed by atoms with Crippen LogP contribution in [0.2, 0.25) is 5.02 Å². The molecule has 0 spiro atoms. The Labute approximate surface area is 117 Å². The smallest absolute Gasteiger partial charge is 0.290 e. The van der Waals surface area contributed by atoms with Crippen molar-refractivity contribution in [2.24, 2.45) is 0 Å². The Balaban J connectivity index is 2.43. The minimum atomic E-state index is -0.204. The summed E-state index contributed by atoms with van der Waals surface area (Å²) in [6.45, 7) is 6.41. The van der Waals surface area contributed by atoms with Gasteiger partial charge in [-0.2, -0.15) is 0 Å². The third-order valence-electron chi connectivity index (χ3n) is 3.03.